The Bertz CT molecular complexity index is 411. The van der Waals surface area contributed by atoms with Crippen molar-refractivity contribution in [2.75, 3.05) is 31.1 Å². The smallest absolute Gasteiger partial charge is 0.167 e. The van der Waals surface area contributed by atoms with Gasteiger partial charge >= 0.3 is 0 Å². The molecule has 0 amide bonds. The first-order valence-corrected chi connectivity index (χ1v) is 7.11. The van der Waals surface area contributed by atoms with Crippen LogP contribution >= 0.6 is 0 Å². The van der Waals surface area contributed by atoms with E-state index in [2.05, 4.69) is 17.1 Å². The van der Waals surface area contributed by atoms with Crippen molar-refractivity contribution in [3.8, 4) is 5.75 Å². The SMILES string of the molecule is CCOc1ccc(N2CCCNC(C)CC2)cc1F. The minimum Gasteiger partial charge on any atom is -0.491 e. The lowest BCUT2D eigenvalue weighted by Crippen LogP contribution is -2.38. The molecule has 0 spiro atoms. The van der Waals surface area contributed by atoms with Crippen LogP contribution in [0.4, 0.5) is 10.1 Å². The van der Waals surface area contributed by atoms with Gasteiger partial charge in [-0.3, -0.25) is 0 Å². The fourth-order valence-electron chi connectivity index (χ4n) is 2.40. The van der Waals surface area contributed by atoms with Crippen molar-refractivity contribution in [2.24, 2.45) is 0 Å². The van der Waals surface area contributed by atoms with Gasteiger partial charge in [0.15, 0.2) is 11.6 Å². The van der Waals surface area contributed by atoms with Crippen molar-refractivity contribution in [3.63, 3.8) is 0 Å². The number of hydrogen-bond acceptors (Lipinski definition) is 3. The molecule has 4 heteroatoms. The number of anilines is 1. The van der Waals surface area contributed by atoms with Crippen LogP contribution in [0.1, 0.15) is 26.7 Å². The van der Waals surface area contributed by atoms with E-state index in [-0.39, 0.29) is 5.82 Å². The summed E-state index contributed by atoms with van der Waals surface area (Å²) >= 11 is 0. The number of halogens is 1. The third kappa shape index (κ3) is 3.83. The highest BCUT2D eigenvalue weighted by Gasteiger charge is 2.14. The molecule has 3 nitrogen and oxygen atoms in total. The van der Waals surface area contributed by atoms with Crippen molar-refractivity contribution in [2.45, 2.75) is 32.7 Å². The Hall–Kier alpha value is -1.29. The molecule has 1 fully saturated rings. The Kier molecular flexibility index (Phi) is 5.02. The Morgan fingerprint density at radius 3 is 3.00 bits per heavy atom. The maximum absolute atomic E-state index is 13.9. The lowest BCUT2D eigenvalue weighted by atomic mass is 10.1. The van der Waals surface area contributed by atoms with Crippen LogP contribution < -0.4 is 15.0 Å². The Balaban J connectivity index is 2.09. The van der Waals surface area contributed by atoms with Gasteiger partial charge in [-0.2, -0.15) is 0 Å². The Morgan fingerprint density at radius 2 is 2.26 bits per heavy atom. The zero-order valence-electron chi connectivity index (χ0n) is 11.8. The monoisotopic (exact) mass is 266 g/mol. The van der Waals surface area contributed by atoms with E-state index in [4.69, 9.17) is 4.74 Å². The summed E-state index contributed by atoms with van der Waals surface area (Å²) < 4.78 is 19.1. The summed E-state index contributed by atoms with van der Waals surface area (Å²) in [6, 6.07) is 5.79. The second-order valence-corrected chi connectivity index (χ2v) is 5.03. The number of rotatable bonds is 3. The molecule has 1 aromatic rings. The highest BCUT2D eigenvalue weighted by Crippen LogP contribution is 2.24. The molecule has 2 rings (SSSR count). The average Bonchev–Trinajstić information content (AvgIpc) is 2.37. The summed E-state index contributed by atoms with van der Waals surface area (Å²) in [5, 5.41) is 3.47. The standard InChI is InChI=1S/C15H23FN2O/c1-3-19-15-6-5-13(11-14(15)16)18-9-4-8-17-12(2)7-10-18/h5-6,11-12,17H,3-4,7-10H2,1-2H3. The van der Waals surface area contributed by atoms with Gasteiger partial charge in [-0.1, -0.05) is 0 Å². The normalized spacial score (nSPS) is 20.8. The highest BCUT2D eigenvalue weighted by atomic mass is 19.1. The van der Waals surface area contributed by atoms with E-state index in [9.17, 15) is 4.39 Å². The summed E-state index contributed by atoms with van der Waals surface area (Å²) in [6.45, 7) is 7.50. The molecule has 1 heterocycles. The third-order valence-electron chi connectivity index (χ3n) is 3.51. The zero-order valence-corrected chi connectivity index (χ0v) is 11.8. The number of ether oxygens (including phenoxy) is 1. The molecule has 1 aliphatic heterocycles. The summed E-state index contributed by atoms with van der Waals surface area (Å²) in [5.41, 5.74) is 0.954. The van der Waals surface area contributed by atoms with Crippen molar-refractivity contribution in [1.82, 2.24) is 5.32 Å². The number of hydrogen-bond donors (Lipinski definition) is 1. The molecule has 0 radical (unpaired) electrons. The van der Waals surface area contributed by atoms with Gasteiger partial charge in [0.05, 0.1) is 6.61 Å². The van der Waals surface area contributed by atoms with Crippen LogP contribution in [0.25, 0.3) is 0 Å². The summed E-state index contributed by atoms with van der Waals surface area (Å²) in [7, 11) is 0. The van der Waals surface area contributed by atoms with Crippen LogP contribution in [0, 0.1) is 5.82 Å². The fourth-order valence-corrected chi connectivity index (χ4v) is 2.40. The van der Waals surface area contributed by atoms with Gasteiger partial charge in [-0.05, 0) is 45.4 Å². The van der Waals surface area contributed by atoms with E-state index in [0.717, 1.165) is 38.2 Å². The van der Waals surface area contributed by atoms with Crippen molar-refractivity contribution in [1.29, 1.82) is 0 Å². The van der Waals surface area contributed by atoms with Crippen LogP contribution in [0.2, 0.25) is 0 Å². The topological polar surface area (TPSA) is 24.5 Å². The maximum Gasteiger partial charge on any atom is 0.167 e. The molecule has 0 aliphatic carbocycles. The van der Waals surface area contributed by atoms with E-state index < -0.39 is 0 Å². The van der Waals surface area contributed by atoms with E-state index >= 15 is 0 Å². The minimum absolute atomic E-state index is 0.271. The molecule has 1 saturated heterocycles. The van der Waals surface area contributed by atoms with Crippen LogP contribution in [0.5, 0.6) is 5.75 Å². The van der Waals surface area contributed by atoms with Crippen LogP contribution in [0.3, 0.4) is 0 Å². The first-order valence-electron chi connectivity index (χ1n) is 7.11. The Labute approximate surface area is 114 Å². The lowest BCUT2D eigenvalue weighted by Gasteiger charge is -2.29. The third-order valence-corrected chi connectivity index (χ3v) is 3.51. The molecular weight excluding hydrogens is 243 g/mol. The fraction of sp³-hybridized carbons (Fsp3) is 0.600. The van der Waals surface area contributed by atoms with Gasteiger partial charge in [0.1, 0.15) is 0 Å². The summed E-state index contributed by atoms with van der Waals surface area (Å²) in [6.07, 6.45) is 2.16. The zero-order chi connectivity index (χ0) is 13.7. The quantitative estimate of drug-likeness (QED) is 0.910. The van der Waals surface area contributed by atoms with E-state index in [1.54, 1.807) is 12.1 Å². The van der Waals surface area contributed by atoms with Crippen LogP contribution in [-0.2, 0) is 0 Å². The molecule has 1 N–H and O–H groups in total. The first-order chi connectivity index (χ1) is 9.20. The lowest BCUT2D eigenvalue weighted by molar-refractivity contribution is 0.321. The van der Waals surface area contributed by atoms with Crippen molar-refractivity contribution < 1.29 is 9.13 Å². The molecule has 1 aliphatic rings. The predicted molar refractivity (Wildman–Crippen MR) is 76.5 cm³/mol. The highest BCUT2D eigenvalue weighted by molar-refractivity contribution is 5.50. The van der Waals surface area contributed by atoms with E-state index in [1.807, 2.05) is 13.0 Å². The Morgan fingerprint density at radius 1 is 1.42 bits per heavy atom. The molecule has 1 atom stereocenters. The molecule has 19 heavy (non-hydrogen) atoms. The van der Waals surface area contributed by atoms with Gasteiger partial charge < -0.3 is 15.0 Å². The molecule has 1 aromatic carbocycles. The summed E-state index contributed by atoms with van der Waals surface area (Å²) in [5.74, 6) is 0.0703. The van der Waals surface area contributed by atoms with Gasteiger partial charge in [-0.25, -0.2) is 4.39 Å². The largest absolute Gasteiger partial charge is 0.491 e. The van der Waals surface area contributed by atoms with Crippen molar-refractivity contribution >= 4 is 5.69 Å². The molecule has 106 valence electrons. The first kappa shape index (κ1) is 14.1. The van der Waals surface area contributed by atoms with Crippen LogP contribution in [0.15, 0.2) is 18.2 Å². The summed E-state index contributed by atoms with van der Waals surface area (Å²) in [4.78, 5) is 2.26. The number of nitrogens with zero attached hydrogens (tertiary/aromatic N) is 1. The number of benzene rings is 1. The van der Waals surface area contributed by atoms with E-state index in [0.29, 0.717) is 18.4 Å². The van der Waals surface area contributed by atoms with Crippen molar-refractivity contribution in [3.05, 3.63) is 24.0 Å². The van der Waals surface area contributed by atoms with Gasteiger partial charge in [0.25, 0.3) is 0 Å². The van der Waals surface area contributed by atoms with Gasteiger partial charge in [0, 0.05) is 30.9 Å². The van der Waals surface area contributed by atoms with Gasteiger partial charge in [0.2, 0.25) is 0 Å². The minimum atomic E-state index is -0.271. The molecular formula is C15H23FN2O. The molecule has 0 saturated carbocycles. The molecule has 0 bridgehead atoms. The van der Waals surface area contributed by atoms with E-state index in [1.165, 1.54) is 0 Å². The average molecular weight is 266 g/mol. The second kappa shape index (κ2) is 6.75. The molecule has 1 unspecified atom stereocenters. The second-order valence-electron chi connectivity index (χ2n) is 5.03. The predicted octanol–water partition coefficient (Wildman–Crippen LogP) is 2.80. The number of nitrogens with one attached hydrogen (secondary N) is 1. The van der Waals surface area contributed by atoms with Crippen LogP contribution in [-0.4, -0.2) is 32.3 Å². The molecule has 0 aromatic heterocycles. The van der Waals surface area contributed by atoms with Gasteiger partial charge in [-0.15, -0.1) is 0 Å². The maximum atomic E-state index is 13.9.